The SMILES string of the molecule is C[C@H]1CCc2sc(C(=O)N=Nc3c(O)[nH]c4ccccc34)cc2C1. The number of aryl methyl sites for hydroxylation is 1. The van der Waals surface area contributed by atoms with Crippen molar-refractivity contribution in [1.82, 2.24) is 4.98 Å². The van der Waals surface area contributed by atoms with Crippen molar-refractivity contribution in [3.8, 4) is 5.88 Å². The molecule has 5 nitrogen and oxygen atoms in total. The summed E-state index contributed by atoms with van der Waals surface area (Å²) in [6.45, 7) is 2.24. The largest absolute Gasteiger partial charge is 0.493 e. The van der Waals surface area contributed by atoms with Crippen molar-refractivity contribution >= 4 is 33.8 Å². The predicted octanol–water partition coefficient (Wildman–Crippen LogP) is 4.98. The Morgan fingerprint density at radius 2 is 2.21 bits per heavy atom. The number of carbonyl (C=O) groups excluding carboxylic acids is 1. The lowest BCUT2D eigenvalue weighted by atomic mass is 9.90. The first-order valence-electron chi connectivity index (χ1n) is 7.99. The Morgan fingerprint density at radius 3 is 3.08 bits per heavy atom. The number of aromatic hydroxyl groups is 1. The molecule has 1 atom stereocenters. The molecule has 0 radical (unpaired) electrons. The maximum Gasteiger partial charge on any atom is 0.305 e. The number of H-pyrrole nitrogens is 1. The van der Waals surface area contributed by atoms with Crippen LogP contribution in [0, 0.1) is 5.92 Å². The summed E-state index contributed by atoms with van der Waals surface area (Å²) in [7, 11) is 0. The molecule has 2 N–H and O–H groups in total. The molecule has 6 heteroatoms. The fourth-order valence-corrected chi connectivity index (χ4v) is 4.26. The number of hydrogen-bond donors (Lipinski definition) is 2. The van der Waals surface area contributed by atoms with Crippen molar-refractivity contribution in [3.63, 3.8) is 0 Å². The molecule has 0 saturated heterocycles. The molecule has 0 spiro atoms. The van der Waals surface area contributed by atoms with E-state index in [1.54, 1.807) is 0 Å². The number of aromatic nitrogens is 1. The number of carbonyl (C=O) groups is 1. The number of fused-ring (bicyclic) bond motifs is 2. The highest BCUT2D eigenvalue weighted by Crippen LogP contribution is 2.36. The molecule has 0 aliphatic heterocycles. The number of benzene rings is 1. The summed E-state index contributed by atoms with van der Waals surface area (Å²) >= 11 is 1.52. The molecule has 0 saturated carbocycles. The minimum Gasteiger partial charge on any atom is -0.493 e. The van der Waals surface area contributed by atoms with Crippen molar-refractivity contribution in [3.05, 3.63) is 45.6 Å². The van der Waals surface area contributed by atoms with Crippen molar-refractivity contribution < 1.29 is 9.90 Å². The highest BCUT2D eigenvalue weighted by atomic mass is 32.1. The molecule has 0 fully saturated rings. The number of azo groups is 1. The van der Waals surface area contributed by atoms with Crippen LogP contribution in [0.3, 0.4) is 0 Å². The van der Waals surface area contributed by atoms with E-state index in [-0.39, 0.29) is 11.8 Å². The standard InChI is InChI=1S/C18H17N3O2S/c1-10-6-7-14-11(8-10)9-15(24-14)17(22)21-20-16-12-4-2-3-5-13(12)19-18(16)23/h2-5,9-10,19,23H,6-8H2,1H3/t10-/m0/s1. The van der Waals surface area contributed by atoms with Gasteiger partial charge in [-0.2, -0.15) is 0 Å². The second-order valence-electron chi connectivity index (χ2n) is 6.28. The van der Waals surface area contributed by atoms with E-state index in [0.717, 1.165) is 23.7 Å². The van der Waals surface area contributed by atoms with E-state index < -0.39 is 0 Å². The van der Waals surface area contributed by atoms with Crippen molar-refractivity contribution in [1.29, 1.82) is 0 Å². The summed E-state index contributed by atoms with van der Waals surface area (Å²) in [5.74, 6) is 0.235. The molecule has 1 aliphatic rings. The zero-order chi connectivity index (χ0) is 16.7. The monoisotopic (exact) mass is 339 g/mol. The van der Waals surface area contributed by atoms with Gasteiger partial charge in [-0.1, -0.05) is 25.1 Å². The lowest BCUT2D eigenvalue weighted by Gasteiger charge is -2.16. The number of thiophene rings is 1. The maximum atomic E-state index is 12.3. The fourth-order valence-electron chi connectivity index (χ4n) is 3.17. The third kappa shape index (κ3) is 2.63. The summed E-state index contributed by atoms with van der Waals surface area (Å²) in [4.78, 5) is 17.1. The van der Waals surface area contributed by atoms with Gasteiger partial charge in [-0.3, -0.25) is 4.79 Å². The second-order valence-corrected chi connectivity index (χ2v) is 7.42. The Balaban J connectivity index is 1.62. The van der Waals surface area contributed by atoms with Gasteiger partial charge in [0.2, 0.25) is 5.88 Å². The molecule has 1 aliphatic carbocycles. The first-order valence-corrected chi connectivity index (χ1v) is 8.81. The lowest BCUT2D eigenvalue weighted by molar-refractivity contribution is 0.0999. The summed E-state index contributed by atoms with van der Waals surface area (Å²) in [5.41, 5.74) is 2.33. The number of nitrogens with zero attached hydrogens (tertiary/aromatic N) is 2. The van der Waals surface area contributed by atoms with Gasteiger partial charge in [0.15, 0.2) is 5.69 Å². The number of nitrogens with one attached hydrogen (secondary N) is 1. The van der Waals surface area contributed by atoms with Gasteiger partial charge in [0.1, 0.15) is 0 Å². The molecule has 0 bridgehead atoms. The van der Waals surface area contributed by atoms with Crippen LogP contribution in [0.5, 0.6) is 5.88 Å². The quantitative estimate of drug-likeness (QED) is 0.646. The zero-order valence-corrected chi connectivity index (χ0v) is 14.1. The number of amides is 1. The normalized spacial score (nSPS) is 17.5. The Hall–Kier alpha value is -2.47. The van der Waals surface area contributed by atoms with Crippen LogP contribution in [0.15, 0.2) is 40.6 Å². The molecule has 2 aromatic heterocycles. The van der Waals surface area contributed by atoms with Gasteiger partial charge in [-0.25, -0.2) is 0 Å². The van der Waals surface area contributed by atoms with Crippen LogP contribution >= 0.6 is 11.3 Å². The summed E-state index contributed by atoms with van der Waals surface area (Å²) in [5, 5.41) is 18.5. The van der Waals surface area contributed by atoms with E-state index in [2.05, 4.69) is 22.1 Å². The second kappa shape index (κ2) is 5.87. The number of hydrogen-bond acceptors (Lipinski definition) is 4. The van der Waals surface area contributed by atoms with Crippen molar-refractivity contribution in [2.45, 2.75) is 26.2 Å². The molecule has 1 amide bonds. The van der Waals surface area contributed by atoms with Crippen LogP contribution in [0.1, 0.15) is 33.5 Å². The summed E-state index contributed by atoms with van der Waals surface area (Å²) in [6, 6.07) is 9.33. The number of para-hydroxylation sites is 1. The number of aromatic amines is 1. The summed E-state index contributed by atoms with van der Waals surface area (Å²) in [6.07, 6.45) is 3.24. The van der Waals surface area contributed by atoms with Gasteiger partial charge in [-0.05, 0) is 42.9 Å². The highest BCUT2D eigenvalue weighted by molar-refractivity contribution is 7.14. The average Bonchev–Trinajstić information content (AvgIpc) is 3.12. The lowest BCUT2D eigenvalue weighted by Crippen LogP contribution is -2.08. The Kier molecular flexibility index (Phi) is 3.69. The first-order chi connectivity index (χ1) is 11.6. The van der Waals surface area contributed by atoms with E-state index in [1.165, 1.54) is 28.2 Å². The van der Waals surface area contributed by atoms with Gasteiger partial charge in [0.05, 0.1) is 10.4 Å². The molecular weight excluding hydrogens is 322 g/mol. The minimum atomic E-state index is -0.355. The van der Waals surface area contributed by atoms with E-state index >= 15 is 0 Å². The highest BCUT2D eigenvalue weighted by Gasteiger charge is 2.20. The molecule has 1 aromatic carbocycles. The third-order valence-electron chi connectivity index (χ3n) is 4.44. The molecule has 3 aromatic rings. The van der Waals surface area contributed by atoms with E-state index in [9.17, 15) is 9.90 Å². The van der Waals surface area contributed by atoms with E-state index in [0.29, 0.717) is 16.5 Å². The first kappa shape index (κ1) is 15.1. The molecule has 122 valence electrons. The van der Waals surface area contributed by atoms with Crippen LogP contribution < -0.4 is 0 Å². The molecule has 0 unspecified atom stereocenters. The average molecular weight is 339 g/mol. The van der Waals surface area contributed by atoms with Gasteiger partial charge in [-0.15, -0.1) is 21.6 Å². The van der Waals surface area contributed by atoms with Gasteiger partial charge in [0, 0.05) is 10.3 Å². The van der Waals surface area contributed by atoms with Crippen molar-refractivity contribution in [2.75, 3.05) is 0 Å². The Bertz CT molecular complexity index is 954. The van der Waals surface area contributed by atoms with Crippen LogP contribution in [-0.4, -0.2) is 16.0 Å². The van der Waals surface area contributed by atoms with E-state index in [4.69, 9.17) is 0 Å². The molecule has 4 rings (SSSR count). The Morgan fingerprint density at radius 1 is 1.38 bits per heavy atom. The number of rotatable bonds is 2. The smallest absolute Gasteiger partial charge is 0.305 e. The summed E-state index contributed by atoms with van der Waals surface area (Å²) < 4.78 is 0. The van der Waals surface area contributed by atoms with Gasteiger partial charge < -0.3 is 10.1 Å². The third-order valence-corrected chi connectivity index (χ3v) is 5.67. The molecule has 2 heterocycles. The predicted molar refractivity (Wildman–Crippen MR) is 94.3 cm³/mol. The van der Waals surface area contributed by atoms with Crippen LogP contribution in [0.2, 0.25) is 0 Å². The zero-order valence-electron chi connectivity index (χ0n) is 13.2. The van der Waals surface area contributed by atoms with Crippen LogP contribution in [0.25, 0.3) is 10.9 Å². The fraction of sp³-hybridized carbons (Fsp3) is 0.278. The molecular formula is C18H17N3O2S. The maximum absolute atomic E-state index is 12.3. The van der Waals surface area contributed by atoms with Crippen LogP contribution in [-0.2, 0) is 12.8 Å². The van der Waals surface area contributed by atoms with Crippen LogP contribution in [0.4, 0.5) is 5.69 Å². The van der Waals surface area contributed by atoms with E-state index in [1.807, 2.05) is 30.3 Å². The topological polar surface area (TPSA) is 77.8 Å². The molecule has 24 heavy (non-hydrogen) atoms. The minimum absolute atomic E-state index is 0.0768. The van der Waals surface area contributed by atoms with Crippen molar-refractivity contribution in [2.24, 2.45) is 16.1 Å². The van der Waals surface area contributed by atoms with Gasteiger partial charge in [0.25, 0.3) is 0 Å². The van der Waals surface area contributed by atoms with Gasteiger partial charge >= 0.3 is 5.91 Å². The Labute approximate surface area is 143 Å².